The molecule has 2 fully saturated rings. The molecular weight excluding hydrogens is 236 g/mol. The van der Waals surface area contributed by atoms with Crippen LogP contribution in [0, 0.1) is 5.92 Å². The molecule has 1 aliphatic heterocycles. The van der Waals surface area contributed by atoms with Crippen molar-refractivity contribution in [3.8, 4) is 0 Å². The highest BCUT2D eigenvalue weighted by Gasteiger charge is 2.31. The first-order valence-corrected chi connectivity index (χ1v) is 7.45. The summed E-state index contributed by atoms with van der Waals surface area (Å²) in [7, 11) is 0. The SMILES string of the molecule is CCC(Nc1ccccc1N1CCCC1=O)C1CC1. The molecule has 0 bridgehead atoms. The topological polar surface area (TPSA) is 32.3 Å². The summed E-state index contributed by atoms with van der Waals surface area (Å²) in [6.45, 7) is 3.09. The van der Waals surface area contributed by atoms with Crippen LogP contribution in [0.2, 0.25) is 0 Å². The van der Waals surface area contributed by atoms with Crippen molar-refractivity contribution in [2.45, 2.75) is 45.1 Å². The van der Waals surface area contributed by atoms with Gasteiger partial charge in [0.25, 0.3) is 0 Å². The monoisotopic (exact) mass is 258 g/mol. The second-order valence-electron chi connectivity index (χ2n) is 5.66. The smallest absolute Gasteiger partial charge is 0.227 e. The third-order valence-electron chi connectivity index (χ3n) is 4.24. The molecule has 102 valence electrons. The van der Waals surface area contributed by atoms with Crippen molar-refractivity contribution in [3.63, 3.8) is 0 Å². The van der Waals surface area contributed by atoms with Gasteiger partial charge in [-0.1, -0.05) is 19.1 Å². The second-order valence-corrected chi connectivity index (χ2v) is 5.66. The van der Waals surface area contributed by atoms with Gasteiger partial charge in [0, 0.05) is 19.0 Å². The third kappa shape index (κ3) is 2.60. The lowest BCUT2D eigenvalue weighted by Crippen LogP contribution is -2.27. The predicted molar refractivity (Wildman–Crippen MR) is 78.5 cm³/mol. The lowest BCUT2D eigenvalue weighted by molar-refractivity contribution is -0.117. The summed E-state index contributed by atoms with van der Waals surface area (Å²) in [4.78, 5) is 13.9. The van der Waals surface area contributed by atoms with Gasteiger partial charge < -0.3 is 10.2 Å². The molecule has 0 spiro atoms. The van der Waals surface area contributed by atoms with E-state index in [4.69, 9.17) is 0 Å². The number of carbonyl (C=O) groups is 1. The van der Waals surface area contributed by atoms with E-state index in [-0.39, 0.29) is 5.91 Å². The zero-order chi connectivity index (χ0) is 13.2. The van der Waals surface area contributed by atoms with E-state index >= 15 is 0 Å². The molecule has 1 aliphatic carbocycles. The van der Waals surface area contributed by atoms with Gasteiger partial charge >= 0.3 is 0 Å². The maximum Gasteiger partial charge on any atom is 0.227 e. The first-order valence-electron chi connectivity index (χ1n) is 7.45. The fraction of sp³-hybridized carbons (Fsp3) is 0.562. The molecule has 3 heteroatoms. The highest BCUT2D eigenvalue weighted by Crippen LogP contribution is 2.37. The Labute approximate surface area is 115 Å². The van der Waals surface area contributed by atoms with E-state index in [1.165, 1.54) is 12.8 Å². The lowest BCUT2D eigenvalue weighted by Gasteiger charge is -2.24. The number of anilines is 2. The van der Waals surface area contributed by atoms with E-state index < -0.39 is 0 Å². The Bertz CT molecular complexity index is 468. The van der Waals surface area contributed by atoms with Gasteiger partial charge in [0.2, 0.25) is 5.91 Å². The van der Waals surface area contributed by atoms with E-state index in [1.54, 1.807) is 0 Å². The second kappa shape index (κ2) is 5.24. The van der Waals surface area contributed by atoms with Gasteiger partial charge in [-0.15, -0.1) is 0 Å². The van der Waals surface area contributed by atoms with Gasteiger partial charge in [0.05, 0.1) is 11.4 Å². The van der Waals surface area contributed by atoms with Gasteiger partial charge in [-0.25, -0.2) is 0 Å². The lowest BCUT2D eigenvalue weighted by atomic mass is 10.1. The summed E-state index contributed by atoms with van der Waals surface area (Å²) in [5, 5.41) is 3.66. The molecular formula is C16H22N2O. The van der Waals surface area contributed by atoms with E-state index in [0.29, 0.717) is 12.5 Å². The molecule has 1 aromatic rings. The minimum Gasteiger partial charge on any atom is -0.380 e. The maximum absolute atomic E-state index is 11.9. The van der Waals surface area contributed by atoms with Crippen LogP contribution in [0.5, 0.6) is 0 Å². The Morgan fingerprint density at radius 1 is 1.37 bits per heavy atom. The Morgan fingerprint density at radius 3 is 2.79 bits per heavy atom. The molecule has 0 radical (unpaired) electrons. The minimum atomic E-state index is 0.258. The van der Waals surface area contributed by atoms with Crippen molar-refractivity contribution in [2.75, 3.05) is 16.8 Å². The molecule has 1 saturated carbocycles. The molecule has 1 N–H and O–H groups in total. The van der Waals surface area contributed by atoms with Crippen molar-refractivity contribution in [1.82, 2.24) is 0 Å². The number of para-hydroxylation sites is 2. The standard InChI is InChI=1S/C16H22N2O/c1-2-13(12-9-10-12)17-14-6-3-4-7-15(14)18-11-5-8-16(18)19/h3-4,6-7,12-13,17H,2,5,8-11H2,1H3. The van der Waals surface area contributed by atoms with Crippen LogP contribution < -0.4 is 10.2 Å². The normalized spacial score (nSPS) is 20.7. The maximum atomic E-state index is 11.9. The summed E-state index contributed by atoms with van der Waals surface area (Å²) in [6, 6.07) is 8.78. The number of benzene rings is 1. The number of nitrogens with zero attached hydrogens (tertiary/aromatic N) is 1. The molecule has 3 rings (SSSR count). The molecule has 2 aliphatic rings. The van der Waals surface area contributed by atoms with Crippen LogP contribution in [0.3, 0.4) is 0 Å². The van der Waals surface area contributed by atoms with E-state index in [0.717, 1.165) is 36.7 Å². The van der Waals surface area contributed by atoms with Gasteiger partial charge in [-0.05, 0) is 43.7 Å². The number of rotatable bonds is 5. The largest absolute Gasteiger partial charge is 0.380 e. The average molecular weight is 258 g/mol. The minimum absolute atomic E-state index is 0.258. The molecule has 1 heterocycles. The molecule has 1 unspecified atom stereocenters. The van der Waals surface area contributed by atoms with E-state index in [2.05, 4.69) is 24.4 Å². The van der Waals surface area contributed by atoms with Crippen LogP contribution in [-0.4, -0.2) is 18.5 Å². The molecule has 0 aromatic heterocycles. The van der Waals surface area contributed by atoms with Crippen LogP contribution >= 0.6 is 0 Å². The van der Waals surface area contributed by atoms with Crippen LogP contribution in [0.15, 0.2) is 24.3 Å². The fourth-order valence-corrected chi connectivity index (χ4v) is 2.99. The van der Waals surface area contributed by atoms with E-state index in [1.807, 2.05) is 17.0 Å². The highest BCUT2D eigenvalue weighted by atomic mass is 16.2. The quantitative estimate of drug-likeness (QED) is 0.877. The van der Waals surface area contributed by atoms with Crippen molar-refractivity contribution in [3.05, 3.63) is 24.3 Å². The molecule has 1 atom stereocenters. The number of hydrogen-bond donors (Lipinski definition) is 1. The predicted octanol–water partition coefficient (Wildman–Crippen LogP) is 3.41. The third-order valence-corrected chi connectivity index (χ3v) is 4.24. The number of carbonyl (C=O) groups excluding carboxylic acids is 1. The van der Waals surface area contributed by atoms with Crippen molar-refractivity contribution in [1.29, 1.82) is 0 Å². The van der Waals surface area contributed by atoms with E-state index in [9.17, 15) is 4.79 Å². The van der Waals surface area contributed by atoms with Crippen molar-refractivity contribution in [2.24, 2.45) is 5.92 Å². The van der Waals surface area contributed by atoms with Crippen LogP contribution in [-0.2, 0) is 4.79 Å². The summed E-state index contributed by atoms with van der Waals surface area (Å²) in [5.74, 6) is 1.08. The number of nitrogens with one attached hydrogen (secondary N) is 1. The Balaban J connectivity index is 1.82. The molecule has 1 saturated heterocycles. The first-order chi connectivity index (χ1) is 9.29. The zero-order valence-electron chi connectivity index (χ0n) is 11.6. The molecule has 1 amide bonds. The first kappa shape index (κ1) is 12.5. The number of amides is 1. The van der Waals surface area contributed by atoms with Crippen LogP contribution in [0.4, 0.5) is 11.4 Å². The Morgan fingerprint density at radius 2 is 2.16 bits per heavy atom. The highest BCUT2D eigenvalue weighted by molar-refractivity contribution is 5.98. The van der Waals surface area contributed by atoms with Gasteiger partial charge in [0.15, 0.2) is 0 Å². The summed E-state index contributed by atoms with van der Waals surface area (Å²) in [6.07, 6.45) is 5.50. The van der Waals surface area contributed by atoms with Crippen LogP contribution in [0.1, 0.15) is 39.0 Å². The zero-order valence-corrected chi connectivity index (χ0v) is 11.6. The van der Waals surface area contributed by atoms with Gasteiger partial charge in [-0.2, -0.15) is 0 Å². The van der Waals surface area contributed by atoms with Crippen LogP contribution in [0.25, 0.3) is 0 Å². The molecule has 1 aromatic carbocycles. The fourth-order valence-electron chi connectivity index (χ4n) is 2.99. The Kier molecular flexibility index (Phi) is 3.45. The molecule has 3 nitrogen and oxygen atoms in total. The van der Waals surface area contributed by atoms with Gasteiger partial charge in [-0.3, -0.25) is 4.79 Å². The summed E-state index contributed by atoms with van der Waals surface area (Å²) < 4.78 is 0. The number of hydrogen-bond acceptors (Lipinski definition) is 2. The summed E-state index contributed by atoms with van der Waals surface area (Å²) in [5.41, 5.74) is 2.18. The van der Waals surface area contributed by atoms with Crippen molar-refractivity contribution < 1.29 is 4.79 Å². The average Bonchev–Trinajstić information content (AvgIpc) is 3.19. The summed E-state index contributed by atoms with van der Waals surface area (Å²) >= 11 is 0. The van der Waals surface area contributed by atoms with Gasteiger partial charge in [0.1, 0.15) is 0 Å². The van der Waals surface area contributed by atoms with Crippen molar-refractivity contribution >= 4 is 17.3 Å². The molecule has 19 heavy (non-hydrogen) atoms. The Hall–Kier alpha value is -1.51.